The molecule has 9 heteroatoms. The summed E-state index contributed by atoms with van der Waals surface area (Å²) in [5, 5.41) is 8.38. The maximum atomic E-state index is 13.3. The number of rotatable bonds is 7. The van der Waals surface area contributed by atoms with Crippen LogP contribution in [0.3, 0.4) is 0 Å². The molecule has 2 atom stereocenters. The second-order valence-corrected chi connectivity index (χ2v) is 8.97. The molecule has 0 aromatic heterocycles. The largest absolute Gasteiger partial charge is 0.374 e. The molecule has 1 aromatic carbocycles. The van der Waals surface area contributed by atoms with Crippen LogP contribution in [0.1, 0.15) is 32.8 Å². The monoisotopic (exact) mass is 429 g/mol. The van der Waals surface area contributed by atoms with Crippen molar-refractivity contribution in [3.05, 3.63) is 35.9 Å². The van der Waals surface area contributed by atoms with Crippen molar-refractivity contribution in [3.63, 3.8) is 0 Å². The van der Waals surface area contributed by atoms with E-state index in [1.54, 1.807) is 32.7 Å². The fourth-order valence-electron chi connectivity index (χ4n) is 3.80. The normalized spacial score (nSPS) is 22.1. The van der Waals surface area contributed by atoms with Crippen molar-refractivity contribution in [2.24, 2.45) is 16.3 Å². The minimum Gasteiger partial charge on any atom is -0.374 e. The van der Waals surface area contributed by atoms with E-state index in [0.717, 1.165) is 11.3 Å². The lowest BCUT2D eigenvalue weighted by Gasteiger charge is -2.38. The van der Waals surface area contributed by atoms with Crippen molar-refractivity contribution in [2.75, 3.05) is 26.7 Å². The van der Waals surface area contributed by atoms with Gasteiger partial charge in [0, 0.05) is 26.6 Å². The molecule has 9 nitrogen and oxygen atoms in total. The molecule has 2 aliphatic rings. The topological polar surface area (TPSA) is 117 Å². The highest BCUT2D eigenvalue weighted by Crippen LogP contribution is 2.34. The average molecular weight is 430 g/mol. The molecule has 0 aliphatic carbocycles. The highest BCUT2D eigenvalue weighted by atomic mass is 16.5. The molecule has 2 heterocycles. The third kappa shape index (κ3) is 4.94. The van der Waals surface area contributed by atoms with E-state index in [1.165, 1.54) is 5.01 Å². The number of nitrogens with zero attached hydrogens (tertiary/aromatic N) is 3. The van der Waals surface area contributed by atoms with Gasteiger partial charge >= 0.3 is 0 Å². The van der Waals surface area contributed by atoms with E-state index < -0.39 is 22.9 Å². The van der Waals surface area contributed by atoms with E-state index in [0.29, 0.717) is 19.6 Å². The van der Waals surface area contributed by atoms with E-state index in [1.807, 2.05) is 30.3 Å². The zero-order valence-corrected chi connectivity index (χ0v) is 18.6. The first kappa shape index (κ1) is 22.9. The maximum absolute atomic E-state index is 13.3. The van der Waals surface area contributed by atoms with Crippen LogP contribution in [0.4, 0.5) is 0 Å². The molecule has 1 saturated heterocycles. The SMILES string of the molecule is CN1N=C2CCN(C(=O)[C@H](COCc3ccccc3)NC(=O)C(C)(C)N)C[C@@]2(C)C1=O. The Bertz CT molecular complexity index is 880. The first-order valence-electron chi connectivity index (χ1n) is 10.4. The van der Waals surface area contributed by atoms with E-state index in [2.05, 4.69) is 10.4 Å². The second-order valence-electron chi connectivity index (χ2n) is 8.97. The molecule has 0 bridgehead atoms. The van der Waals surface area contributed by atoms with Gasteiger partial charge in [0.25, 0.3) is 5.91 Å². The summed E-state index contributed by atoms with van der Waals surface area (Å²) in [7, 11) is 1.62. The van der Waals surface area contributed by atoms with Gasteiger partial charge in [-0.15, -0.1) is 0 Å². The van der Waals surface area contributed by atoms with Crippen molar-refractivity contribution >= 4 is 23.4 Å². The zero-order chi connectivity index (χ0) is 22.8. The minimum absolute atomic E-state index is 0.00242. The molecule has 1 fully saturated rings. The Morgan fingerprint density at radius 3 is 2.65 bits per heavy atom. The lowest BCUT2D eigenvalue weighted by molar-refractivity contribution is -0.143. The number of carbonyl (C=O) groups excluding carboxylic acids is 3. The third-order valence-corrected chi connectivity index (χ3v) is 5.70. The first-order valence-corrected chi connectivity index (χ1v) is 10.4. The van der Waals surface area contributed by atoms with Crippen molar-refractivity contribution in [1.29, 1.82) is 0 Å². The van der Waals surface area contributed by atoms with E-state index in [4.69, 9.17) is 10.5 Å². The number of likely N-dealkylation sites (tertiary alicyclic amines) is 1. The fourth-order valence-corrected chi connectivity index (χ4v) is 3.80. The van der Waals surface area contributed by atoms with Crippen LogP contribution in [0.2, 0.25) is 0 Å². The quantitative estimate of drug-likeness (QED) is 0.654. The van der Waals surface area contributed by atoms with Crippen LogP contribution in [0.25, 0.3) is 0 Å². The van der Waals surface area contributed by atoms with E-state index in [-0.39, 0.29) is 25.0 Å². The Hall–Kier alpha value is -2.78. The van der Waals surface area contributed by atoms with E-state index in [9.17, 15) is 14.4 Å². The Labute approximate surface area is 182 Å². The summed E-state index contributed by atoms with van der Waals surface area (Å²) in [4.78, 5) is 40.0. The van der Waals surface area contributed by atoms with Gasteiger partial charge in [-0.05, 0) is 26.3 Å². The van der Waals surface area contributed by atoms with Gasteiger partial charge in [-0.25, -0.2) is 5.01 Å². The van der Waals surface area contributed by atoms with Gasteiger partial charge in [0.2, 0.25) is 11.8 Å². The van der Waals surface area contributed by atoms with Gasteiger partial charge in [0.05, 0.1) is 24.5 Å². The molecule has 168 valence electrons. The number of carbonyl (C=O) groups is 3. The molecule has 1 aromatic rings. The number of ether oxygens (including phenoxy) is 1. The maximum Gasteiger partial charge on any atom is 0.255 e. The highest BCUT2D eigenvalue weighted by Gasteiger charge is 2.50. The minimum atomic E-state index is -1.14. The van der Waals surface area contributed by atoms with Crippen LogP contribution in [-0.4, -0.2) is 71.7 Å². The van der Waals surface area contributed by atoms with Gasteiger partial charge in [-0.2, -0.15) is 5.10 Å². The summed E-state index contributed by atoms with van der Waals surface area (Å²) in [6, 6.07) is 8.66. The van der Waals surface area contributed by atoms with Gasteiger partial charge in [0.15, 0.2) is 0 Å². The fraction of sp³-hybridized carbons (Fsp3) is 0.545. The number of fused-ring (bicyclic) bond motifs is 1. The average Bonchev–Trinajstić information content (AvgIpc) is 2.95. The number of piperidine rings is 1. The van der Waals surface area contributed by atoms with Crippen molar-refractivity contribution in [2.45, 2.75) is 45.4 Å². The number of benzene rings is 1. The summed E-state index contributed by atoms with van der Waals surface area (Å²) in [6.45, 7) is 5.90. The Kier molecular flexibility index (Phi) is 6.47. The van der Waals surface area contributed by atoms with Crippen LogP contribution in [0.5, 0.6) is 0 Å². The molecule has 3 rings (SSSR count). The van der Waals surface area contributed by atoms with Crippen molar-refractivity contribution in [3.8, 4) is 0 Å². The molecule has 31 heavy (non-hydrogen) atoms. The first-order chi connectivity index (χ1) is 14.5. The zero-order valence-electron chi connectivity index (χ0n) is 18.6. The lowest BCUT2D eigenvalue weighted by atomic mass is 9.79. The predicted molar refractivity (Wildman–Crippen MR) is 116 cm³/mol. The van der Waals surface area contributed by atoms with Crippen LogP contribution in [-0.2, 0) is 25.7 Å². The number of amides is 3. The van der Waals surface area contributed by atoms with Crippen molar-refractivity contribution in [1.82, 2.24) is 15.2 Å². The Morgan fingerprint density at radius 2 is 2.00 bits per heavy atom. The summed E-state index contributed by atoms with van der Waals surface area (Å²) in [5.41, 5.74) is 5.67. The standard InChI is InChI=1S/C22H31N5O4/c1-21(2,23)19(29)24-16(13-31-12-15-8-6-5-7-9-15)18(28)27-11-10-17-22(3,14-27)20(30)26(4)25-17/h5-9,16H,10-14,23H2,1-4H3,(H,24,29)/t16-,22+/m0/s1. The molecule has 0 spiro atoms. The summed E-state index contributed by atoms with van der Waals surface area (Å²) in [6.07, 6.45) is 0.506. The number of hydrogen-bond donors (Lipinski definition) is 2. The van der Waals surface area contributed by atoms with Crippen LogP contribution < -0.4 is 11.1 Å². The number of nitrogens with one attached hydrogen (secondary N) is 1. The molecule has 0 unspecified atom stereocenters. The predicted octanol–water partition coefficient (Wildman–Crippen LogP) is 0.492. The second kappa shape index (κ2) is 8.76. The number of nitrogens with two attached hydrogens (primary N) is 1. The molecule has 3 amide bonds. The number of hydrazone groups is 1. The summed E-state index contributed by atoms with van der Waals surface area (Å²) < 4.78 is 5.76. The third-order valence-electron chi connectivity index (χ3n) is 5.70. The molecular formula is C22H31N5O4. The Morgan fingerprint density at radius 1 is 1.32 bits per heavy atom. The van der Waals surface area contributed by atoms with Crippen LogP contribution in [0.15, 0.2) is 35.4 Å². The summed E-state index contributed by atoms with van der Waals surface area (Å²) in [5.74, 6) is -0.881. The lowest BCUT2D eigenvalue weighted by Crippen LogP contribution is -2.60. The smallest absolute Gasteiger partial charge is 0.255 e. The highest BCUT2D eigenvalue weighted by molar-refractivity contribution is 6.13. The molecular weight excluding hydrogens is 398 g/mol. The molecule has 0 saturated carbocycles. The van der Waals surface area contributed by atoms with Crippen LogP contribution >= 0.6 is 0 Å². The molecule has 0 radical (unpaired) electrons. The Balaban J connectivity index is 1.71. The molecule has 2 aliphatic heterocycles. The van der Waals surface area contributed by atoms with E-state index >= 15 is 0 Å². The van der Waals surface area contributed by atoms with Crippen LogP contribution in [0, 0.1) is 5.41 Å². The molecule has 3 N–H and O–H groups in total. The summed E-state index contributed by atoms with van der Waals surface area (Å²) >= 11 is 0. The van der Waals surface area contributed by atoms with Gasteiger partial charge in [0.1, 0.15) is 11.5 Å². The van der Waals surface area contributed by atoms with Crippen molar-refractivity contribution < 1.29 is 19.1 Å². The number of hydrogen-bond acceptors (Lipinski definition) is 6. The van der Waals surface area contributed by atoms with Gasteiger partial charge in [-0.3, -0.25) is 14.4 Å². The van der Waals surface area contributed by atoms with Gasteiger partial charge < -0.3 is 20.7 Å². The van der Waals surface area contributed by atoms with Gasteiger partial charge in [-0.1, -0.05) is 30.3 Å².